The Morgan fingerprint density at radius 2 is 1.88 bits per heavy atom. The minimum atomic E-state index is -0.200. The Morgan fingerprint density at radius 3 is 2.50 bits per heavy atom. The molecule has 24 heavy (non-hydrogen) atoms. The van der Waals surface area contributed by atoms with E-state index in [1.807, 2.05) is 38.1 Å². The Balaban J connectivity index is 1.80. The molecular formula is C18H27N3O3. The van der Waals surface area contributed by atoms with Crippen LogP contribution < -0.4 is 5.32 Å². The Morgan fingerprint density at radius 1 is 1.21 bits per heavy atom. The maximum Gasteiger partial charge on any atom is 0.248 e. The fourth-order valence-electron chi connectivity index (χ4n) is 2.88. The zero-order chi connectivity index (χ0) is 17.5. The van der Waals surface area contributed by atoms with Gasteiger partial charge in [-0.3, -0.25) is 14.5 Å². The van der Waals surface area contributed by atoms with Crippen molar-refractivity contribution in [2.45, 2.75) is 26.4 Å². The van der Waals surface area contributed by atoms with Crippen molar-refractivity contribution >= 4 is 11.8 Å². The Kier molecular flexibility index (Phi) is 6.75. The lowest BCUT2D eigenvalue weighted by Crippen LogP contribution is -2.55. The molecule has 1 saturated heterocycles. The van der Waals surface area contributed by atoms with Gasteiger partial charge in [-0.15, -0.1) is 0 Å². The van der Waals surface area contributed by atoms with Crippen LogP contribution in [0, 0.1) is 6.92 Å². The molecule has 1 N–H and O–H groups in total. The Labute approximate surface area is 143 Å². The predicted octanol–water partition coefficient (Wildman–Crippen LogP) is 0.790. The SMILES string of the molecule is COCC(=O)N1CCN(C(C)C(=O)NCc2ccccc2C)CC1. The molecule has 132 valence electrons. The number of benzene rings is 1. The van der Waals surface area contributed by atoms with E-state index in [0.29, 0.717) is 32.7 Å². The summed E-state index contributed by atoms with van der Waals surface area (Å²) in [6, 6.07) is 7.84. The summed E-state index contributed by atoms with van der Waals surface area (Å²) in [5.41, 5.74) is 2.31. The van der Waals surface area contributed by atoms with E-state index in [-0.39, 0.29) is 24.5 Å². The van der Waals surface area contributed by atoms with Crippen LogP contribution in [-0.2, 0) is 20.9 Å². The van der Waals surface area contributed by atoms with Crippen LogP contribution in [0.5, 0.6) is 0 Å². The normalized spacial score (nSPS) is 16.7. The van der Waals surface area contributed by atoms with E-state index in [9.17, 15) is 9.59 Å². The molecule has 6 heteroatoms. The fourth-order valence-corrected chi connectivity index (χ4v) is 2.88. The predicted molar refractivity (Wildman–Crippen MR) is 92.5 cm³/mol. The zero-order valence-electron chi connectivity index (χ0n) is 14.7. The highest BCUT2D eigenvalue weighted by Gasteiger charge is 2.27. The van der Waals surface area contributed by atoms with Gasteiger partial charge in [-0.25, -0.2) is 0 Å². The van der Waals surface area contributed by atoms with Gasteiger partial charge in [-0.05, 0) is 25.0 Å². The lowest BCUT2D eigenvalue weighted by atomic mass is 10.1. The van der Waals surface area contributed by atoms with Crippen molar-refractivity contribution < 1.29 is 14.3 Å². The molecule has 0 spiro atoms. The molecule has 2 amide bonds. The second-order valence-electron chi connectivity index (χ2n) is 6.17. The second kappa shape index (κ2) is 8.80. The van der Waals surface area contributed by atoms with Crippen molar-refractivity contribution in [3.05, 3.63) is 35.4 Å². The van der Waals surface area contributed by atoms with Crippen LogP contribution in [0.15, 0.2) is 24.3 Å². The van der Waals surface area contributed by atoms with Crippen LogP contribution >= 0.6 is 0 Å². The number of nitrogens with zero attached hydrogens (tertiary/aromatic N) is 2. The summed E-state index contributed by atoms with van der Waals surface area (Å²) >= 11 is 0. The van der Waals surface area contributed by atoms with Gasteiger partial charge < -0.3 is 15.0 Å². The average Bonchev–Trinajstić information content (AvgIpc) is 2.60. The summed E-state index contributed by atoms with van der Waals surface area (Å²) in [4.78, 5) is 28.1. The van der Waals surface area contributed by atoms with Gasteiger partial charge in [0.2, 0.25) is 11.8 Å². The highest BCUT2D eigenvalue weighted by Crippen LogP contribution is 2.09. The number of hydrogen-bond donors (Lipinski definition) is 1. The second-order valence-corrected chi connectivity index (χ2v) is 6.17. The molecule has 1 atom stereocenters. The van der Waals surface area contributed by atoms with Gasteiger partial charge in [0.15, 0.2) is 0 Å². The number of carbonyl (C=O) groups is 2. The first-order valence-electron chi connectivity index (χ1n) is 8.36. The number of piperazine rings is 1. The molecule has 2 rings (SSSR count). The van der Waals surface area contributed by atoms with Gasteiger partial charge in [0, 0.05) is 39.8 Å². The van der Waals surface area contributed by atoms with Crippen molar-refractivity contribution in [1.82, 2.24) is 15.1 Å². The van der Waals surface area contributed by atoms with Crippen molar-refractivity contribution in [1.29, 1.82) is 0 Å². The quantitative estimate of drug-likeness (QED) is 0.836. The van der Waals surface area contributed by atoms with Gasteiger partial charge in [0.05, 0.1) is 6.04 Å². The number of hydrogen-bond acceptors (Lipinski definition) is 4. The van der Waals surface area contributed by atoms with E-state index in [1.165, 1.54) is 12.7 Å². The first-order valence-corrected chi connectivity index (χ1v) is 8.36. The summed E-state index contributed by atoms with van der Waals surface area (Å²) in [6.07, 6.45) is 0. The molecule has 0 bridgehead atoms. The smallest absolute Gasteiger partial charge is 0.248 e. The number of methoxy groups -OCH3 is 1. The third-order valence-electron chi connectivity index (χ3n) is 4.58. The first kappa shape index (κ1) is 18.4. The minimum absolute atomic E-state index is 0.00815. The van der Waals surface area contributed by atoms with Gasteiger partial charge in [0.25, 0.3) is 0 Å². The lowest BCUT2D eigenvalue weighted by molar-refractivity contribution is -0.137. The number of amides is 2. The van der Waals surface area contributed by atoms with Gasteiger partial charge >= 0.3 is 0 Å². The average molecular weight is 333 g/mol. The van der Waals surface area contributed by atoms with Crippen molar-refractivity contribution in [2.24, 2.45) is 0 Å². The summed E-state index contributed by atoms with van der Waals surface area (Å²) in [6.45, 7) is 7.30. The summed E-state index contributed by atoms with van der Waals surface area (Å²) in [7, 11) is 1.52. The number of ether oxygens (including phenoxy) is 1. The highest BCUT2D eigenvalue weighted by molar-refractivity contribution is 5.81. The number of rotatable bonds is 6. The van der Waals surface area contributed by atoms with Crippen molar-refractivity contribution in [2.75, 3.05) is 39.9 Å². The largest absolute Gasteiger partial charge is 0.375 e. The number of nitrogens with one attached hydrogen (secondary N) is 1. The molecule has 0 radical (unpaired) electrons. The van der Waals surface area contributed by atoms with Crippen molar-refractivity contribution in [3.63, 3.8) is 0 Å². The van der Waals surface area contributed by atoms with E-state index in [0.717, 1.165) is 5.56 Å². The molecule has 1 aliphatic rings. The Bertz CT molecular complexity index is 568. The van der Waals surface area contributed by atoms with Crippen LogP contribution in [0.2, 0.25) is 0 Å². The van der Waals surface area contributed by atoms with Crippen molar-refractivity contribution in [3.8, 4) is 0 Å². The van der Waals surface area contributed by atoms with E-state index in [4.69, 9.17) is 4.74 Å². The van der Waals surface area contributed by atoms with E-state index in [2.05, 4.69) is 10.2 Å². The zero-order valence-corrected chi connectivity index (χ0v) is 14.7. The van der Waals surface area contributed by atoms with Crippen LogP contribution in [0.3, 0.4) is 0 Å². The monoisotopic (exact) mass is 333 g/mol. The fraction of sp³-hybridized carbons (Fsp3) is 0.556. The van der Waals surface area contributed by atoms with Crippen LogP contribution in [-0.4, -0.2) is 67.6 Å². The summed E-state index contributed by atoms with van der Waals surface area (Å²) in [5.74, 6) is 0.0312. The maximum atomic E-state index is 12.4. The standard InChI is InChI=1S/C18H27N3O3/c1-14-6-4-5-7-16(14)12-19-18(23)15(2)20-8-10-21(11-9-20)17(22)13-24-3/h4-7,15H,8-13H2,1-3H3,(H,19,23). The van der Waals surface area contributed by atoms with Gasteiger partial charge in [-0.1, -0.05) is 24.3 Å². The molecule has 1 aromatic carbocycles. The van der Waals surface area contributed by atoms with Gasteiger partial charge in [0.1, 0.15) is 6.61 Å². The van der Waals surface area contributed by atoms with Crippen LogP contribution in [0.1, 0.15) is 18.1 Å². The maximum absolute atomic E-state index is 12.4. The molecule has 0 aliphatic carbocycles. The molecule has 0 aromatic heterocycles. The van der Waals surface area contributed by atoms with E-state index < -0.39 is 0 Å². The third kappa shape index (κ3) is 4.79. The molecule has 1 fully saturated rings. The molecule has 1 unspecified atom stereocenters. The highest BCUT2D eigenvalue weighted by atomic mass is 16.5. The lowest BCUT2D eigenvalue weighted by Gasteiger charge is -2.37. The summed E-state index contributed by atoms with van der Waals surface area (Å²) in [5, 5.41) is 3.01. The van der Waals surface area contributed by atoms with Crippen LogP contribution in [0.25, 0.3) is 0 Å². The topological polar surface area (TPSA) is 61.9 Å². The molecule has 6 nitrogen and oxygen atoms in total. The molecular weight excluding hydrogens is 306 g/mol. The molecule has 1 heterocycles. The minimum Gasteiger partial charge on any atom is -0.375 e. The van der Waals surface area contributed by atoms with Crippen LogP contribution in [0.4, 0.5) is 0 Å². The Hall–Kier alpha value is -1.92. The number of aryl methyl sites for hydroxylation is 1. The third-order valence-corrected chi connectivity index (χ3v) is 4.58. The molecule has 0 saturated carbocycles. The first-order chi connectivity index (χ1) is 11.5. The van der Waals surface area contributed by atoms with Gasteiger partial charge in [-0.2, -0.15) is 0 Å². The van der Waals surface area contributed by atoms with E-state index in [1.54, 1.807) is 4.90 Å². The molecule has 1 aliphatic heterocycles. The summed E-state index contributed by atoms with van der Waals surface area (Å²) < 4.78 is 4.88. The number of carbonyl (C=O) groups excluding carboxylic acids is 2. The molecule has 1 aromatic rings. The van der Waals surface area contributed by atoms with E-state index >= 15 is 0 Å².